The SMILES string of the molecule is Brc1nc(Br)n(CCC2CCC2)n1. The molecule has 0 aliphatic heterocycles. The molecular formula is C8H11Br2N3. The Bertz CT molecular complexity index is 294. The normalized spacial score (nSPS) is 17.4. The second-order valence-electron chi connectivity index (χ2n) is 3.46. The summed E-state index contributed by atoms with van der Waals surface area (Å²) in [6, 6.07) is 0. The van der Waals surface area contributed by atoms with E-state index in [4.69, 9.17) is 0 Å². The van der Waals surface area contributed by atoms with Crippen LogP contribution in [0.15, 0.2) is 9.47 Å². The molecule has 72 valence electrons. The predicted octanol–water partition coefficient (Wildman–Crippen LogP) is 2.99. The molecule has 0 bridgehead atoms. The maximum atomic E-state index is 4.22. The number of nitrogens with zero attached hydrogens (tertiary/aromatic N) is 3. The standard InChI is InChI=1S/C8H11Br2N3/c9-7-11-8(10)13(12-7)5-4-6-2-1-3-6/h6H,1-5H2. The first-order valence-corrected chi connectivity index (χ1v) is 6.10. The molecule has 1 aliphatic carbocycles. The average Bonchev–Trinajstić information content (AvgIpc) is 2.27. The highest BCUT2D eigenvalue weighted by atomic mass is 79.9. The number of rotatable bonds is 3. The van der Waals surface area contributed by atoms with Crippen molar-refractivity contribution in [2.24, 2.45) is 5.92 Å². The van der Waals surface area contributed by atoms with Crippen LogP contribution in [-0.4, -0.2) is 14.8 Å². The lowest BCUT2D eigenvalue weighted by Crippen LogP contribution is -2.14. The molecule has 0 spiro atoms. The van der Waals surface area contributed by atoms with Crippen LogP contribution < -0.4 is 0 Å². The Morgan fingerprint density at radius 2 is 2.15 bits per heavy atom. The van der Waals surface area contributed by atoms with Crippen LogP contribution in [0.5, 0.6) is 0 Å². The van der Waals surface area contributed by atoms with Gasteiger partial charge in [-0.3, -0.25) is 0 Å². The summed E-state index contributed by atoms with van der Waals surface area (Å²) in [6.07, 6.45) is 5.43. The molecule has 1 heterocycles. The van der Waals surface area contributed by atoms with Gasteiger partial charge in [0.2, 0.25) is 4.73 Å². The van der Waals surface area contributed by atoms with Crippen LogP contribution in [0.3, 0.4) is 0 Å². The molecule has 0 radical (unpaired) electrons. The fraction of sp³-hybridized carbons (Fsp3) is 0.750. The highest BCUT2D eigenvalue weighted by Crippen LogP contribution is 2.30. The smallest absolute Gasteiger partial charge is 0.218 e. The molecule has 0 aromatic carbocycles. The van der Waals surface area contributed by atoms with Crippen molar-refractivity contribution in [2.75, 3.05) is 0 Å². The summed E-state index contributed by atoms with van der Waals surface area (Å²) >= 11 is 6.61. The van der Waals surface area contributed by atoms with Crippen molar-refractivity contribution < 1.29 is 0 Å². The molecule has 5 heteroatoms. The maximum Gasteiger partial charge on any atom is 0.218 e. The number of aromatic nitrogens is 3. The third-order valence-corrected chi connectivity index (χ3v) is 3.50. The zero-order valence-corrected chi connectivity index (χ0v) is 10.4. The molecule has 3 nitrogen and oxygen atoms in total. The minimum Gasteiger partial charge on any atom is -0.239 e. The van der Waals surface area contributed by atoms with Crippen molar-refractivity contribution in [3.8, 4) is 0 Å². The largest absolute Gasteiger partial charge is 0.239 e. The summed E-state index contributed by atoms with van der Waals surface area (Å²) in [5, 5.41) is 4.22. The summed E-state index contributed by atoms with van der Waals surface area (Å²) in [5.41, 5.74) is 0. The summed E-state index contributed by atoms with van der Waals surface area (Å²) in [7, 11) is 0. The van der Waals surface area contributed by atoms with Gasteiger partial charge in [0.05, 0.1) is 0 Å². The van der Waals surface area contributed by atoms with E-state index in [0.717, 1.165) is 17.2 Å². The first-order chi connectivity index (χ1) is 6.25. The number of halogens is 2. The quantitative estimate of drug-likeness (QED) is 0.859. The van der Waals surface area contributed by atoms with Gasteiger partial charge in [0, 0.05) is 6.54 Å². The van der Waals surface area contributed by atoms with E-state index in [1.165, 1.54) is 25.7 Å². The van der Waals surface area contributed by atoms with Crippen LogP contribution in [0.25, 0.3) is 0 Å². The summed E-state index contributed by atoms with van der Waals surface area (Å²) in [5.74, 6) is 0.926. The Morgan fingerprint density at radius 3 is 2.62 bits per heavy atom. The van der Waals surface area contributed by atoms with Gasteiger partial charge in [-0.05, 0) is 44.2 Å². The second kappa shape index (κ2) is 4.09. The molecule has 0 N–H and O–H groups in total. The van der Waals surface area contributed by atoms with E-state index in [1.807, 2.05) is 4.68 Å². The molecule has 13 heavy (non-hydrogen) atoms. The van der Waals surface area contributed by atoms with Crippen molar-refractivity contribution >= 4 is 31.9 Å². The number of hydrogen-bond acceptors (Lipinski definition) is 2. The van der Waals surface area contributed by atoms with E-state index in [0.29, 0.717) is 4.73 Å². The van der Waals surface area contributed by atoms with Gasteiger partial charge in [-0.2, -0.15) is 4.98 Å². The van der Waals surface area contributed by atoms with E-state index in [9.17, 15) is 0 Å². The van der Waals surface area contributed by atoms with Crippen molar-refractivity contribution in [1.82, 2.24) is 14.8 Å². The lowest BCUT2D eigenvalue weighted by atomic mass is 9.83. The van der Waals surface area contributed by atoms with Gasteiger partial charge in [-0.15, -0.1) is 5.10 Å². The first-order valence-electron chi connectivity index (χ1n) is 4.51. The van der Waals surface area contributed by atoms with Gasteiger partial charge in [0.15, 0.2) is 4.73 Å². The maximum absolute atomic E-state index is 4.22. The van der Waals surface area contributed by atoms with Crippen molar-refractivity contribution in [3.63, 3.8) is 0 Å². The van der Waals surface area contributed by atoms with E-state index in [1.54, 1.807) is 0 Å². The highest BCUT2D eigenvalue weighted by molar-refractivity contribution is 9.11. The number of aryl methyl sites for hydroxylation is 1. The van der Waals surface area contributed by atoms with Crippen molar-refractivity contribution in [2.45, 2.75) is 32.2 Å². The molecule has 1 aliphatic rings. The lowest BCUT2D eigenvalue weighted by molar-refractivity contribution is 0.277. The topological polar surface area (TPSA) is 30.7 Å². The second-order valence-corrected chi connectivity index (χ2v) is 4.88. The first kappa shape index (κ1) is 9.65. The molecule has 0 saturated heterocycles. The van der Waals surface area contributed by atoms with Gasteiger partial charge in [0.1, 0.15) is 0 Å². The van der Waals surface area contributed by atoms with Gasteiger partial charge in [-0.1, -0.05) is 19.3 Å². The minimum absolute atomic E-state index is 0.660. The molecular weight excluding hydrogens is 298 g/mol. The summed E-state index contributed by atoms with van der Waals surface area (Å²) in [6.45, 7) is 0.976. The van der Waals surface area contributed by atoms with E-state index in [-0.39, 0.29) is 0 Å². The third kappa shape index (κ3) is 2.31. The zero-order chi connectivity index (χ0) is 9.26. The Hall–Kier alpha value is 0.1000. The van der Waals surface area contributed by atoms with Crippen LogP contribution in [0.2, 0.25) is 0 Å². The molecule has 0 atom stereocenters. The highest BCUT2D eigenvalue weighted by Gasteiger charge is 2.17. The molecule has 0 amide bonds. The van der Waals surface area contributed by atoms with Gasteiger partial charge in [-0.25, -0.2) is 4.68 Å². The predicted molar refractivity (Wildman–Crippen MR) is 57.4 cm³/mol. The van der Waals surface area contributed by atoms with Crippen molar-refractivity contribution in [1.29, 1.82) is 0 Å². The molecule has 1 aromatic heterocycles. The van der Waals surface area contributed by atoms with Crippen LogP contribution in [0, 0.1) is 5.92 Å². The lowest BCUT2D eigenvalue weighted by Gasteiger charge is -2.24. The third-order valence-electron chi connectivity index (χ3n) is 2.57. The molecule has 2 rings (SSSR count). The summed E-state index contributed by atoms with van der Waals surface area (Å²) in [4.78, 5) is 4.12. The Kier molecular flexibility index (Phi) is 3.03. The van der Waals surface area contributed by atoms with Crippen LogP contribution >= 0.6 is 31.9 Å². The summed E-state index contributed by atoms with van der Waals surface area (Å²) < 4.78 is 3.38. The van der Waals surface area contributed by atoms with E-state index >= 15 is 0 Å². The van der Waals surface area contributed by atoms with Gasteiger partial charge < -0.3 is 0 Å². The molecule has 1 saturated carbocycles. The molecule has 1 aromatic rings. The Morgan fingerprint density at radius 1 is 1.38 bits per heavy atom. The van der Waals surface area contributed by atoms with E-state index < -0.39 is 0 Å². The zero-order valence-electron chi connectivity index (χ0n) is 7.21. The average molecular weight is 309 g/mol. The van der Waals surface area contributed by atoms with Crippen LogP contribution in [0.1, 0.15) is 25.7 Å². The Labute approximate surface area is 94.2 Å². The van der Waals surface area contributed by atoms with Crippen LogP contribution in [-0.2, 0) is 6.54 Å². The monoisotopic (exact) mass is 307 g/mol. The fourth-order valence-corrected chi connectivity index (χ4v) is 2.55. The van der Waals surface area contributed by atoms with Crippen LogP contribution in [0.4, 0.5) is 0 Å². The molecule has 0 unspecified atom stereocenters. The van der Waals surface area contributed by atoms with Crippen molar-refractivity contribution in [3.05, 3.63) is 9.47 Å². The van der Waals surface area contributed by atoms with Gasteiger partial charge in [0.25, 0.3) is 0 Å². The minimum atomic E-state index is 0.660. The Balaban J connectivity index is 1.89. The van der Waals surface area contributed by atoms with Gasteiger partial charge >= 0.3 is 0 Å². The molecule has 1 fully saturated rings. The van der Waals surface area contributed by atoms with E-state index in [2.05, 4.69) is 41.9 Å². The fourth-order valence-electron chi connectivity index (χ4n) is 1.53. The number of hydrogen-bond donors (Lipinski definition) is 0.